The normalized spacial score (nSPS) is 15.9. The Morgan fingerprint density at radius 1 is 1.24 bits per heavy atom. The molecule has 0 fully saturated rings. The van der Waals surface area contributed by atoms with E-state index < -0.39 is 17.8 Å². The average Bonchev–Trinajstić information content (AvgIpc) is 3.30. The van der Waals surface area contributed by atoms with E-state index in [1.54, 1.807) is 30.6 Å². The molecule has 2 aromatic carbocycles. The maximum Gasteiger partial charge on any atom is 0.297 e. The smallest absolute Gasteiger partial charge is 0.297 e. The van der Waals surface area contributed by atoms with Crippen molar-refractivity contribution in [2.24, 2.45) is 0 Å². The maximum atomic E-state index is 14.0. The molecule has 1 amide bonds. The van der Waals surface area contributed by atoms with Crippen LogP contribution in [0.25, 0.3) is 11.0 Å². The van der Waals surface area contributed by atoms with E-state index in [2.05, 4.69) is 4.98 Å². The van der Waals surface area contributed by atoms with Crippen molar-refractivity contribution in [3.8, 4) is 0 Å². The molecule has 5 nitrogen and oxygen atoms in total. The molecule has 1 aliphatic heterocycles. The number of benzene rings is 2. The maximum absolute atomic E-state index is 14.0. The number of halogens is 2. The van der Waals surface area contributed by atoms with E-state index >= 15 is 0 Å². The first kappa shape index (κ1) is 18.0. The van der Waals surface area contributed by atoms with Crippen molar-refractivity contribution in [3.63, 3.8) is 0 Å². The van der Waals surface area contributed by atoms with E-state index in [0.29, 0.717) is 15.7 Å². The highest BCUT2D eigenvalue weighted by molar-refractivity contribution is 7.13. The lowest BCUT2D eigenvalue weighted by Crippen LogP contribution is -2.29. The second-order valence-electron chi connectivity index (χ2n) is 6.72. The van der Waals surface area contributed by atoms with E-state index in [4.69, 9.17) is 16.0 Å². The van der Waals surface area contributed by atoms with Gasteiger partial charge in [0.2, 0.25) is 5.76 Å². The van der Waals surface area contributed by atoms with Gasteiger partial charge in [-0.3, -0.25) is 14.5 Å². The van der Waals surface area contributed by atoms with Gasteiger partial charge in [0.1, 0.15) is 11.4 Å². The molecule has 1 atom stereocenters. The predicted molar refractivity (Wildman–Crippen MR) is 109 cm³/mol. The third-order valence-corrected chi connectivity index (χ3v) is 6.12. The average molecular weight is 427 g/mol. The van der Waals surface area contributed by atoms with E-state index in [1.807, 2.05) is 0 Å². The van der Waals surface area contributed by atoms with Crippen LogP contribution in [0.4, 0.5) is 9.52 Å². The monoisotopic (exact) mass is 426 g/mol. The summed E-state index contributed by atoms with van der Waals surface area (Å²) < 4.78 is 19.9. The SMILES string of the molecule is Cc1cc2oc3c(c(=O)c2cc1Cl)[C@H](c1cccc(F)c1)N(c1nccs1)C3=O. The van der Waals surface area contributed by atoms with Crippen LogP contribution in [-0.4, -0.2) is 10.9 Å². The fraction of sp³-hybridized carbons (Fsp3) is 0.0952. The van der Waals surface area contributed by atoms with Crippen LogP contribution >= 0.6 is 22.9 Å². The van der Waals surface area contributed by atoms with E-state index in [1.165, 1.54) is 40.5 Å². The van der Waals surface area contributed by atoms with Gasteiger partial charge in [0, 0.05) is 16.6 Å². The van der Waals surface area contributed by atoms with Gasteiger partial charge >= 0.3 is 0 Å². The Morgan fingerprint density at radius 3 is 2.79 bits per heavy atom. The van der Waals surface area contributed by atoms with E-state index in [0.717, 1.165) is 5.56 Å². The first-order valence-corrected chi connectivity index (χ1v) is 9.97. The number of fused-ring (bicyclic) bond motifs is 2. The zero-order valence-corrected chi connectivity index (χ0v) is 16.6. The topological polar surface area (TPSA) is 63.4 Å². The molecule has 0 unspecified atom stereocenters. The summed E-state index contributed by atoms with van der Waals surface area (Å²) in [6.07, 6.45) is 1.56. The minimum Gasteiger partial charge on any atom is -0.450 e. The molecular weight excluding hydrogens is 415 g/mol. The molecule has 0 saturated heterocycles. The van der Waals surface area contributed by atoms with Crippen molar-refractivity contribution in [2.75, 3.05) is 4.90 Å². The Balaban J connectivity index is 1.85. The molecule has 0 saturated carbocycles. The summed E-state index contributed by atoms with van der Waals surface area (Å²) in [7, 11) is 0. The number of anilines is 1. The molecule has 144 valence electrons. The molecule has 0 bridgehead atoms. The molecule has 3 heterocycles. The van der Waals surface area contributed by atoms with Crippen molar-refractivity contribution in [2.45, 2.75) is 13.0 Å². The van der Waals surface area contributed by atoms with Crippen LogP contribution in [0.3, 0.4) is 0 Å². The summed E-state index contributed by atoms with van der Waals surface area (Å²) in [5.41, 5.74) is 1.25. The van der Waals surface area contributed by atoms with Gasteiger partial charge in [0.05, 0.1) is 17.0 Å². The molecule has 29 heavy (non-hydrogen) atoms. The summed E-state index contributed by atoms with van der Waals surface area (Å²) in [4.78, 5) is 32.3. The molecule has 0 N–H and O–H groups in total. The molecule has 0 radical (unpaired) electrons. The van der Waals surface area contributed by atoms with E-state index in [9.17, 15) is 14.0 Å². The number of hydrogen-bond acceptors (Lipinski definition) is 5. The highest BCUT2D eigenvalue weighted by Crippen LogP contribution is 2.42. The summed E-state index contributed by atoms with van der Waals surface area (Å²) in [5, 5.41) is 2.82. The lowest BCUT2D eigenvalue weighted by atomic mass is 9.98. The van der Waals surface area contributed by atoms with Crippen molar-refractivity contribution in [1.29, 1.82) is 0 Å². The third kappa shape index (κ3) is 2.69. The number of nitrogens with zero attached hydrogens (tertiary/aromatic N) is 2. The van der Waals surface area contributed by atoms with Gasteiger partial charge in [-0.25, -0.2) is 9.37 Å². The fourth-order valence-electron chi connectivity index (χ4n) is 3.62. The zero-order chi connectivity index (χ0) is 20.3. The second kappa shape index (κ2) is 6.50. The fourth-order valence-corrected chi connectivity index (χ4v) is 4.45. The van der Waals surface area contributed by atoms with Crippen molar-refractivity contribution in [1.82, 2.24) is 4.98 Å². The van der Waals surface area contributed by atoms with Gasteiger partial charge in [-0.2, -0.15) is 0 Å². The van der Waals surface area contributed by atoms with Gasteiger partial charge in [0.25, 0.3) is 5.91 Å². The Labute approximate surface area is 173 Å². The first-order chi connectivity index (χ1) is 14.0. The Hall–Kier alpha value is -3.03. The predicted octanol–water partition coefficient (Wildman–Crippen LogP) is 5.10. The van der Waals surface area contributed by atoms with Gasteiger partial charge in [-0.1, -0.05) is 23.7 Å². The van der Waals surface area contributed by atoms with Crippen molar-refractivity contribution < 1.29 is 13.6 Å². The molecule has 0 spiro atoms. The quantitative estimate of drug-likeness (QED) is 0.447. The lowest BCUT2D eigenvalue weighted by Gasteiger charge is -2.22. The molecule has 4 aromatic rings. The summed E-state index contributed by atoms with van der Waals surface area (Å²) in [5.74, 6) is -1.02. The molecule has 2 aromatic heterocycles. The molecule has 1 aliphatic rings. The van der Waals surface area contributed by atoms with Gasteiger partial charge in [0.15, 0.2) is 10.6 Å². The number of amides is 1. The first-order valence-electron chi connectivity index (χ1n) is 8.71. The number of aryl methyl sites for hydroxylation is 1. The number of rotatable bonds is 2. The minimum absolute atomic E-state index is 0.0614. The standard InChI is InChI=1S/C21H12ClFN2O3S/c1-10-7-15-13(9-14(10)22)18(26)16-17(11-3-2-4-12(23)8-11)25(20(27)19(16)28-15)21-24-5-6-29-21/h2-9,17H,1H3/t17-/m0/s1. The van der Waals surface area contributed by atoms with Gasteiger partial charge in [-0.05, 0) is 42.3 Å². The number of aromatic nitrogens is 1. The van der Waals surface area contributed by atoms with Crippen molar-refractivity contribution >= 4 is 44.9 Å². The van der Waals surface area contributed by atoms with Crippen LogP contribution in [0.5, 0.6) is 0 Å². The molecule has 5 rings (SSSR count). The molecule has 8 heteroatoms. The highest BCUT2D eigenvalue weighted by atomic mass is 35.5. The van der Waals surface area contributed by atoms with Crippen molar-refractivity contribution in [3.05, 3.63) is 91.5 Å². The number of thiazole rings is 1. The van der Waals surface area contributed by atoms with E-state index in [-0.39, 0.29) is 27.7 Å². The molecular formula is C21H12ClFN2O3S. The molecule has 0 aliphatic carbocycles. The van der Waals surface area contributed by atoms with Crippen LogP contribution in [0, 0.1) is 12.7 Å². The Bertz CT molecular complexity index is 1350. The van der Waals surface area contributed by atoms with Crippen LogP contribution < -0.4 is 10.3 Å². The van der Waals surface area contributed by atoms with Crippen LogP contribution in [0.2, 0.25) is 5.02 Å². The number of carbonyl (C=O) groups is 1. The minimum atomic E-state index is -0.847. The van der Waals surface area contributed by atoms with Gasteiger partial charge in [-0.15, -0.1) is 11.3 Å². The summed E-state index contributed by atoms with van der Waals surface area (Å²) in [6, 6.07) is 8.14. The summed E-state index contributed by atoms with van der Waals surface area (Å²) >= 11 is 7.46. The number of carbonyl (C=O) groups excluding carboxylic acids is 1. The third-order valence-electron chi connectivity index (χ3n) is 4.94. The number of hydrogen-bond donors (Lipinski definition) is 0. The van der Waals surface area contributed by atoms with Crippen LogP contribution in [-0.2, 0) is 0 Å². The Morgan fingerprint density at radius 2 is 2.07 bits per heavy atom. The van der Waals surface area contributed by atoms with Crippen LogP contribution in [0.1, 0.15) is 33.3 Å². The zero-order valence-electron chi connectivity index (χ0n) is 15.0. The highest BCUT2D eigenvalue weighted by Gasteiger charge is 2.44. The van der Waals surface area contributed by atoms with Gasteiger partial charge < -0.3 is 4.42 Å². The summed E-state index contributed by atoms with van der Waals surface area (Å²) in [6.45, 7) is 1.79. The largest absolute Gasteiger partial charge is 0.450 e. The lowest BCUT2D eigenvalue weighted by molar-refractivity contribution is 0.0971. The second-order valence-corrected chi connectivity index (χ2v) is 8.00. The van der Waals surface area contributed by atoms with Crippen LogP contribution in [0.15, 0.2) is 57.2 Å². The Kier molecular flexibility index (Phi) is 4.04.